The first kappa shape index (κ1) is 12.2. The molecule has 0 unspecified atom stereocenters. The lowest BCUT2D eigenvalue weighted by molar-refractivity contribution is -0.0167. The number of H-pyrrole nitrogens is 1. The molecule has 2 N–H and O–H groups in total. The number of nitrogens with one attached hydrogen (secondary N) is 2. The zero-order chi connectivity index (χ0) is 13.7. The first-order valence-electron chi connectivity index (χ1n) is 7.63. The van der Waals surface area contributed by atoms with Gasteiger partial charge in [-0.05, 0) is 56.3 Å². The largest absolute Gasteiger partial charge is 0.367 e. The molecule has 20 heavy (non-hydrogen) atoms. The van der Waals surface area contributed by atoms with E-state index in [2.05, 4.69) is 10.3 Å². The van der Waals surface area contributed by atoms with Crippen LogP contribution in [0.5, 0.6) is 0 Å². The molecular formula is C16H20N2O2. The monoisotopic (exact) mass is 272 g/mol. The maximum absolute atomic E-state index is 12.4. The third-order valence-electron chi connectivity index (χ3n) is 5.49. The molecule has 1 heterocycles. The summed E-state index contributed by atoms with van der Waals surface area (Å²) in [4.78, 5) is 27.0. The quantitative estimate of drug-likeness (QED) is 0.865. The van der Waals surface area contributed by atoms with Gasteiger partial charge >= 0.3 is 0 Å². The lowest BCUT2D eigenvalue weighted by atomic mass is 9.53. The number of carbonyl (C=O) groups excluding carboxylic acids is 1. The van der Waals surface area contributed by atoms with Crippen LogP contribution in [-0.4, -0.2) is 16.4 Å². The number of carbonyl (C=O) groups is 1. The van der Waals surface area contributed by atoms with E-state index < -0.39 is 0 Å². The lowest BCUT2D eigenvalue weighted by Crippen LogP contribution is -2.60. The summed E-state index contributed by atoms with van der Waals surface area (Å²) in [5, 5.41) is 3.22. The predicted octanol–water partition coefficient (Wildman–Crippen LogP) is 2.07. The highest BCUT2D eigenvalue weighted by molar-refractivity contribution is 5.94. The van der Waals surface area contributed by atoms with Crippen molar-refractivity contribution < 1.29 is 4.79 Å². The molecule has 0 aliphatic heterocycles. The molecule has 5 rings (SSSR count). The van der Waals surface area contributed by atoms with Crippen LogP contribution in [-0.2, 0) is 0 Å². The molecule has 106 valence electrons. The van der Waals surface area contributed by atoms with Crippen LogP contribution in [0.3, 0.4) is 0 Å². The molecule has 1 amide bonds. The highest BCUT2D eigenvalue weighted by atomic mass is 16.2. The average Bonchev–Trinajstić information content (AvgIpc) is 2.36. The number of pyridine rings is 1. The minimum atomic E-state index is -0.203. The van der Waals surface area contributed by atoms with Crippen molar-refractivity contribution in [2.75, 3.05) is 0 Å². The van der Waals surface area contributed by atoms with Gasteiger partial charge in [-0.2, -0.15) is 0 Å². The Bertz CT molecular complexity index is 569. The summed E-state index contributed by atoms with van der Waals surface area (Å²) in [5.41, 5.74) is 0.00270. The second-order valence-corrected chi connectivity index (χ2v) is 7.07. The number of hydrogen-bond donors (Lipinski definition) is 2. The Morgan fingerprint density at radius 1 is 1.15 bits per heavy atom. The van der Waals surface area contributed by atoms with Crippen molar-refractivity contribution in [3.05, 3.63) is 34.2 Å². The molecule has 4 nitrogen and oxygen atoms in total. The molecule has 1 aromatic rings. The molecule has 4 aliphatic rings. The first-order valence-corrected chi connectivity index (χ1v) is 7.63. The van der Waals surface area contributed by atoms with Crippen molar-refractivity contribution in [2.24, 2.45) is 17.8 Å². The van der Waals surface area contributed by atoms with Gasteiger partial charge in [0, 0.05) is 24.0 Å². The van der Waals surface area contributed by atoms with Crippen LogP contribution < -0.4 is 10.7 Å². The van der Waals surface area contributed by atoms with Gasteiger partial charge in [-0.25, -0.2) is 0 Å². The van der Waals surface area contributed by atoms with Gasteiger partial charge in [0.15, 0.2) is 5.43 Å². The standard InChI is InChI=1S/C16H20N2O2/c19-14-1-2-17-9-13(14)15(20)18-16-6-10-3-11(7-16)5-12(4-10)8-16/h1-2,9-12H,3-8H2,(H,17,19)(H,18,20). The van der Waals surface area contributed by atoms with E-state index >= 15 is 0 Å². The van der Waals surface area contributed by atoms with Gasteiger partial charge in [-0.15, -0.1) is 0 Å². The first-order chi connectivity index (χ1) is 9.63. The minimum Gasteiger partial charge on any atom is -0.367 e. The van der Waals surface area contributed by atoms with Gasteiger partial charge in [-0.1, -0.05) is 0 Å². The van der Waals surface area contributed by atoms with Crippen LogP contribution >= 0.6 is 0 Å². The smallest absolute Gasteiger partial charge is 0.257 e. The lowest BCUT2D eigenvalue weighted by Gasteiger charge is -2.56. The summed E-state index contributed by atoms with van der Waals surface area (Å²) in [7, 11) is 0. The van der Waals surface area contributed by atoms with Gasteiger partial charge in [0.25, 0.3) is 5.91 Å². The molecule has 4 fully saturated rings. The molecule has 0 radical (unpaired) electrons. The van der Waals surface area contributed by atoms with Crippen molar-refractivity contribution >= 4 is 5.91 Å². The summed E-state index contributed by atoms with van der Waals surface area (Å²) in [6, 6.07) is 1.41. The van der Waals surface area contributed by atoms with Crippen LogP contribution in [0, 0.1) is 17.8 Å². The normalized spacial score (nSPS) is 37.9. The Morgan fingerprint density at radius 3 is 2.30 bits per heavy atom. The van der Waals surface area contributed by atoms with Crippen LogP contribution in [0.2, 0.25) is 0 Å². The van der Waals surface area contributed by atoms with Crippen LogP contribution in [0.15, 0.2) is 23.3 Å². The molecule has 4 aliphatic carbocycles. The summed E-state index contributed by atoms with van der Waals surface area (Å²) in [6.45, 7) is 0. The van der Waals surface area contributed by atoms with Crippen LogP contribution in [0.25, 0.3) is 0 Å². The average molecular weight is 272 g/mol. The van der Waals surface area contributed by atoms with Gasteiger partial charge < -0.3 is 10.3 Å². The van der Waals surface area contributed by atoms with E-state index in [4.69, 9.17) is 0 Å². The Morgan fingerprint density at radius 2 is 1.75 bits per heavy atom. The zero-order valence-corrected chi connectivity index (χ0v) is 11.5. The van der Waals surface area contributed by atoms with Crippen molar-refractivity contribution in [1.29, 1.82) is 0 Å². The number of aromatic amines is 1. The summed E-state index contributed by atoms with van der Waals surface area (Å²) < 4.78 is 0. The van der Waals surface area contributed by atoms with Gasteiger partial charge in [0.2, 0.25) is 0 Å². The molecule has 0 atom stereocenters. The van der Waals surface area contributed by atoms with E-state index in [1.165, 1.54) is 31.5 Å². The van der Waals surface area contributed by atoms with E-state index in [9.17, 15) is 9.59 Å². The fourth-order valence-electron chi connectivity index (χ4n) is 5.17. The van der Waals surface area contributed by atoms with Gasteiger partial charge in [-0.3, -0.25) is 9.59 Å². The minimum absolute atomic E-state index is 0.0336. The van der Waals surface area contributed by atoms with Crippen LogP contribution in [0.4, 0.5) is 0 Å². The Kier molecular flexibility index (Phi) is 2.56. The van der Waals surface area contributed by atoms with Gasteiger partial charge in [0.1, 0.15) is 5.56 Å². The molecule has 1 aromatic heterocycles. The maximum Gasteiger partial charge on any atom is 0.257 e. The Labute approximate surface area is 118 Å². The fourth-order valence-corrected chi connectivity index (χ4v) is 5.17. The molecule has 4 heteroatoms. The summed E-state index contributed by atoms with van der Waals surface area (Å²) in [5.74, 6) is 2.16. The maximum atomic E-state index is 12.4. The summed E-state index contributed by atoms with van der Waals surface area (Å²) >= 11 is 0. The molecular weight excluding hydrogens is 252 g/mol. The van der Waals surface area contributed by atoms with Crippen LogP contribution in [0.1, 0.15) is 48.9 Å². The number of aromatic nitrogens is 1. The fraction of sp³-hybridized carbons (Fsp3) is 0.625. The molecule has 0 saturated heterocycles. The van der Waals surface area contributed by atoms with E-state index in [0.29, 0.717) is 0 Å². The second kappa shape index (κ2) is 4.21. The van der Waals surface area contributed by atoms with Crippen molar-refractivity contribution in [1.82, 2.24) is 10.3 Å². The van der Waals surface area contributed by atoms with Gasteiger partial charge in [0.05, 0.1) is 0 Å². The van der Waals surface area contributed by atoms with E-state index in [1.54, 1.807) is 6.20 Å². The second-order valence-electron chi connectivity index (χ2n) is 7.07. The number of hydrogen-bond acceptors (Lipinski definition) is 2. The van der Waals surface area contributed by atoms with E-state index in [1.807, 2.05) is 0 Å². The third-order valence-corrected chi connectivity index (χ3v) is 5.49. The number of rotatable bonds is 2. The van der Waals surface area contributed by atoms with Crippen molar-refractivity contribution in [2.45, 2.75) is 44.1 Å². The Balaban J connectivity index is 1.58. The highest BCUT2D eigenvalue weighted by Crippen LogP contribution is 2.55. The topological polar surface area (TPSA) is 62.0 Å². The molecule has 4 bridgehead atoms. The zero-order valence-electron chi connectivity index (χ0n) is 11.5. The molecule has 0 aromatic carbocycles. The van der Waals surface area contributed by atoms with E-state index in [-0.39, 0.29) is 22.4 Å². The Hall–Kier alpha value is -1.58. The molecule has 0 spiro atoms. The molecule has 4 saturated carbocycles. The van der Waals surface area contributed by atoms with E-state index in [0.717, 1.165) is 37.0 Å². The summed E-state index contributed by atoms with van der Waals surface area (Å²) in [6.07, 6.45) is 10.4. The van der Waals surface area contributed by atoms with Crippen molar-refractivity contribution in [3.63, 3.8) is 0 Å². The highest BCUT2D eigenvalue weighted by Gasteiger charge is 2.51. The predicted molar refractivity (Wildman–Crippen MR) is 75.4 cm³/mol. The van der Waals surface area contributed by atoms with Crippen molar-refractivity contribution in [3.8, 4) is 0 Å². The third kappa shape index (κ3) is 1.89. The number of amides is 1. The SMILES string of the molecule is O=C(NC12CC3CC(CC(C3)C1)C2)c1c[nH]ccc1=O.